The van der Waals surface area contributed by atoms with Gasteiger partial charge in [-0.1, -0.05) is 13.3 Å². The summed E-state index contributed by atoms with van der Waals surface area (Å²) >= 11 is 0. The Morgan fingerprint density at radius 3 is 2.28 bits per heavy atom. The van der Waals surface area contributed by atoms with Crippen LogP contribution in [0.15, 0.2) is 24.3 Å². The minimum Gasteiger partial charge on any atom is -0.375 e. The number of nitrogens with zero attached hydrogens (tertiary/aromatic N) is 3. The summed E-state index contributed by atoms with van der Waals surface area (Å²) in [7, 11) is 2.55. The number of carbonyl (C=O) groups excluding carboxylic acids is 1. The van der Waals surface area contributed by atoms with Gasteiger partial charge in [0, 0.05) is 38.9 Å². The predicted octanol–water partition coefficient (Wildman–Crippen LogP) is 2.03. The number of anilines is 1. The molecule has 0 aliphatic carbocycles. The van der Waals surface area contributed by atoms with Crippen LogP contribution in [0.3, 0.4) is 0 Å². The number of hydrazine groups is 1. The summed E-state index contributed by atoms with van der Waals surface area (Å²) in [4.78, 5) is 15.1. The number of unbranched alkanes of at least 4 members (excludes halogenated alkanes) is 1. The maximum atomic E-state index is 12.9. The molecule has 0 spiro atoms. The molecule has 140 valence electrons. The molecule has 25 heavy (non-hydrogen) atoms. The molecule has 1 aliphatic heterocycles. The first-order valence-corrected chi connectivity index (χ1v) is 10.6. The van der Waals surface area contributed by atoms with Crippen molar-refractivity contribution < 1.29 is 13.2 Å². The number of sulfone groups is 1. The fourth-order valence-corrected chi connectivity index (χ4v) is 4.85. The topological polar surface area (TPSA) is 60.9 Å². The monoisotopic (exact) mass is 367 g/mol. The molecule has 1 unspecified atom stereocenters. The van der Waals surface area contributed by atoms with Crippen LogP contribution in [-0.2, 0) is 9.84 Å². The van der Waals surface area contributed by atoms with Gasteiger partial charge in [0.15, 0.2) is 9.84 Å². The van der Waals surface area contributed by atoms with Crippen LogP contribution in [0.25, 0.3) is 0 Å². The third-order valence-corrected chi connectivity index (χ3v) is 6.35. The van der Waals surface area contributed by atoms with Crippen molar-refractivity contribution in [2.24, 2.45) is 0 Å². The van der Waals surface area contributed by atoms with Crippen molar-refractivity contribution >= 4 is 21.4 Å². The average molecular weight is 368 g/mol. The average Bonchev–Trinajstić information content (AvgIpc) is 2.92. The molecule has 0 bridgehead atoms. The van der Waals surface area contributed by atoms with E-state index in [0.29, 0.717) is 12.0 Å². The second-order valence-electron chi connectivity index (χ2n) is 6.88. The predicted molar refractivity (Wildman–Crippen MR) is 102 cm³/mol. The van der Waals surface area contributed by atoms with Gasteiger partial charge in [0.2, 0.25) is 0 Å². The van der Waals surface area contributed by atoms with Gasteiger partial charge in [-0.2, -0.15) is 0 Å². The van der Waals surface area contributed by atoms with Gasteiger partial charge in [0.05, 0.1) is 17.5 Å². The van der Waals surface area contributed by atoms with Gasteiger partial charge in [0.1, 0.15) is 0 Å². The summed E-state index contributed by atoms with van der Waals surface area (Å²) in [6, 6.07) is 7.24. The summed E-state index contributed by atoms with van der Waals surface area (Å²) in [6.45, 7) is 3.14. The molecule has 0 radical (unpaired) electrons. The van der Waals surface area contributed by atoms with E-state index in [1.807, 2.05) is 31.3 Å². The van der Waals surface area contributed by atoms with E-state index in [2.05, 4.69) is 11.8 Å². The van der Waals surface area contributed by atoms with Crippen molar-refractivity contribution in [1.29, 1.82) is 0 Å². The normalized spacial score (nSPS) is 19.2. The SMILES string of the molecule is CCCCN(C)c1ccc(C(=O)N(C2CCS(=O)(=O)C2)N(C)C)cc1. The molecule has 0 N–H and O–H groups in total. The highest BCUT2D eigenvalue weighted by Crippen LogP contribution is 2.22. The zero-order valence-electron chi connectivity index (χ0n) is 15.6. The summed E-state index contributed by atoms with van der Waals surface area (Å²) in [5, 5.41) is 3.26. The molecule has 1 heterocycles. The van der Waals surface area contributed by atoms with Gasteiger partial charge in [-0.3, -0.25) is 9.80 Å². The third kappa shape index (κ3) is 4.95. The summed E-state index contributed by atoms with van der Waals surface area (Å²) < 4.78 is 23.5. The lowest BCUT2D eigenvalue weighted by atomic mass is 10.1. The number of carbonyl (C=O) groups is 1. The van der Waals surface area contributed by atoms with Crippen molar-refractivity contribution in [2.45, 2.75) is 32.2 Å². The standard InChI is InChI=1S/C18H29N3O3S/c1-5-6-12-20(4)16-9-7-15(8-10-16)18(22)21(19(2)3)17-11-13-25(23,24)14-17/h7-10,17H,5-6,11-14H2,1-4H3. The van der Waals surface area contributed by atoms with E-state index in [9.17, 15) is 13.2 Å². The lowest BCUT2D eigenvalue weighted by Gasteiger charge is -2.34. The smallest absolute Gasteiger partial charge is 0.268 e. The molecule has 7 heteroatoms. The van der Waals surface area contributed by atoms with Crippen molar-refractivity contribution in [3.63, 3.8) is 0 Å². The first-order valence-electron chi connectivity index (χ1n) is 8.77. The second kappa shape index (κ2) is 8.19. The Kier molecular flexibility index (Phi) is 6.46. The zero-order chi connectivity index (χ0) is 18.6. The molecule has 1 saturated heterocycles. The van der Waals surface area contributed by atoms with Crippen molar-refractivity contribution in [2.75, 3.05) is 44.1 Å². The number of amides is 1. The lowest BCUT2D eigenvalue weighted by Crippen LogP contribution is -2.49. The largest absolute Gasteiger partial charge is 0.375 e. The van der Waals surface area contributed by atoms with Crippen molar-refractivity contribution in [3.8, 4) is 0 Å². The van der Waals surface area contributed by atoms with Crippen LogP contribution in [-0.4, -0.2) is 69.6 Å². The molecule has 1 atom stereocenters. The Hall–Kier alpha value is -1.60. The quantitative estimate of drug-likeness (QED) is 0.690. The van der Waals surface area contributed by atoms with E-state index in [0.717, 1.165) is 25.1 Å². The summed E-state index contributed by atoms with van der Waals surface area (Å²) in [5.74, 6) is 0.0282. The van der Waals surface area contributed by atoms with Gasteiger partial charge < -0.3 is 4.90 Å². The van der Waals surface area contributed by atoms with Gasteiger partial charge >= 0.3 is 0 Å². The third-order valence-electron chi connectivity index (χ3n) is 4.60. The first-order chi connectivity index (χ1) is 11.7. The van der Waals surface area contributed by atoms with E-state index < -0.39 is 9.84 Å². The molecule has 1 aromatic rings. The molecular weight excluding hydrogens is 338 g/mol. The molecule has 1 fully saturated rings. The Morgan fingerprint density at radius 1 is 1.16 bits per heavy atom. The molecule has 1 amide bonds. The molecule has 6 nitrogen and oxygen atoms in total. The maximum Gasteiger partial charge on any atom is 0.268 e. The molecular formula is C18H29N3O3S. The van der Waals surface area contributed by atoms with E-state index in [4.69, 9.17) is 0 Å². The highest BCUT2D eigenvalue weighted by atomic mass is 32.2. The van der Waals surface area contributed by atoms with Crippen LogP contribution in [0.5, 0.6) is 0 Å². The van der Waals surface area contributed by atoms with Gasteiger partial charge in [-0.25, -0.2) is 13.4 Å². The highest BCUT2D eigenvalue weighted by Gasteiger charge is 2.36. The molecule has 0 saturated carbocycles. The fourth-order valence-electron chi connectivity index (χ4n) is 3.16. The summed E-state index contributed by atoms with van der Waals surface area (Å²) in [6.07, 6.45) is 2.76. The number of benzene rings is 1. The van der Waals surface area contributed by atoms with Crippen molar-refractivity contribution in [1.82, 2.24) is 10.0 Å². The second-order valence-corrected chi connectivity index (χ2v) is 9.10. The minimum atomic E-state index is -3.04. The maximum absolute atomic E-state index is 12.9. The van der Waals surface area contributed by atoms with Crippen LogP contribution < -0.4 is 4.90 Å². The minimum absolute atomic E-state index is 0.0365. The molecule has 2 rings (SSSR count). The van der Waals surface area contributed by atoms with Gasteiger partial charge in [-0.15, -0.1) is 0 Å². The Balaban J connectivity index is 2.14. The number of hydrogen-bond donors (Lipinski definition) is 0. The van der Waals surface area contributed by atoms with Crippen LogP contribution in [0.1, 0.15) is 36.5 Å². The van der Waals surface area contributed by atoms with Gasteiger partial charge in [0.25, 0.3) is 5.91 Å². The Bertz CT molecular complexity index is 686. The van der Waals surface area contributed by atoms with Gasteiger partial charge in [-0.05, 0) is 37.1 Å². The van der Waals surface area contributed by atoms with Crippen LogP contribution in [0, 0.1) is 0 Å². The molecule has 1 aliphatic rings. The van der Waals surface area contributed by atoms with Crippen LogP contribution >= 0.6 is 0 Å². The molecule has 0 aromatic heterocycles. The lowest BCUT2D eigenvalue weighted by molar-refractivity contribution is 0.00101. The number of rotatable bonds is 7. The van der Waals surface area contributed by atoms with E-state index >= 15 is 0 Å². The zero-order valence-corrected chi connectivity index (χ0v) is 16.4. The summed E-state index contributed by atoms with van der Waals surface area (Å²) in [5.41, 5.74) is 1.65. The Labute approximate surface area is 151 Å². The van der Waals surface area contributed by atoms with E-state index in [-0.39, 0.29) is 23.5 Å². The number of hydrogen-bond acceptors (Lipinski definition) is 5. The van der Waals surface area contributed by atoms with Crippen molar-refractivity contribution in [3.05, 3.63) is 29.8 Å². The first kappa shape index (κ1) is 19.7. The van der Waals surface area contributed by atoms with E-state index in [1.165, 1.54) is 0 Å². The fraction of sp³-hybridized carbons (Fsp3) is 0.611. The molecule has 1 aromatic carbocycles. The van der Waals surface area contributed by atoms with Crippen LogP contribution in [0.2, 0.25) is 0 Å². The van der Waals surface area contributed by atoms with E-state index in [1.54, 1.807) is 24.1 Å². The highest BCUT2D eigenvalue weighted by molar-refractivity contribution is 7.91. The van der Waals surface area contributed by atoms with Crippen LogP contribution in [0.4, 0.5) is 5.69 Å². The Morgan fingerprint density at radius 2 is 1.80 bits per heavy atom.